The Bertz CT molecular complexity index is 212. The zero-order valence-electron chi connectivity index (χ0n) is 12.3. The Morgan fingerprint density at radius 1 is 1.33 bits per heavy atom. The summed E-state index contributed by atoms with van der Waals surface area (Å²) in [6, 6.07) is 0. The average molecular weight is 274 g/mol. The predicted octanol–water partition coefficient (Wildman–Crippen LogP) is 2.83. The highest BCUT2D eigenvalue weighted by molar-refractivity contribution is 7.80. The third-order valence-corrected chi connectivity index (χ3v) is 3.55. The van der Waals surface area contributed by atoms with Gasteiger partial charge in [0.1, 0.15) is 0 Å². The van der Waals surface area contributed by atoms with Crippen LogP contribution in [0.1, 0.15) is 46.0 Å². The van der Waals surface area contributed by atoms with Crippen LogP contribution in [0.4, 0.5) is 0 Å². The minimum atomic E-state index is 0.610. The highest BCUT2D eigenvalue weighted by atomic mass is 32.1. The fourth-order valence-corrected chi connectivity index (χ4v) is 2.16. The van der Waals surface area contributed by atoms with E-state index in [0.29, 0.717) is 4.99 Å². The van der Waals surface area contributed by atoms with Gasteiger partial charge in [-0.3, -0.25) is 0 Å². The van der Waals surface area contributed by atoms with Gasteiger partial charge in [0.25, 0.3) is 0 Å². The number of thiocarbonyl (C=S) groups is 1. The van der Waals surface area contributed by atoms with Crippen molar-refractivity contribution >= 4 is 17.2 Å². The van der Waals surface area contributed by atoms with E-state index in [9.17, 15) is 0 Å². The molecule has 0 saturated heterocycles. The van der Waals surface area contributed by atoms with Crippen LogP contribution in [0.25, 0.3) is 0 Å². The Morgan fingerprint density at radius 3 is 2.56 bits per heavy atom. The molecule has 0 heterocycles. The summed E-state index contributed by atoms with van der Waals surface area (Å²) in [6.07, 6.45) is 5.98. The lowest BCUT2D eigenvalue weighted by Crippen LogP contribution is -2.34. The molecular formula is C14H30N2OS. The number of nitrogens with zero attached hydrogens (tertiary/aromatic N) is 1. The quantitative estimate of drug-likeness (QED) is 0.555. The van der Waals surface area contributed by atoms with E-state index in [0.717, 1.165) is 38.6 Å². The molecule has 0 bridgehead atoms. The van der Waals surface area contributed by atoms with Gasteiger partial charge >= 0.3 is 0 Å². The normalized spacial score (nSPS) is 12.9. The van der Waals surface area contributed by atoms with E-state index < -0.39 is 0 Å². The first-order valence-electron chi connectivity index (χ1n) is 7.13. The van der Waals surface area contributed by atoms with Crippen molar-refractivity contribution in [3.05, 3.63) is 0 Å². The second-order valence-corrected chi connectivity index (χ2v) is 5.45. The lowest BCUT2D eigenvalue weighted by molar-refractivity contribution is 0.135. The van der Waals surface area contributed by atoms with Crippen molar-refractivity contribution in [2.75, 3.05) is 33.4 Å². The molecule has 4 heteroatoms. The van der Waals surface area contributed by atoms with Crippen molar-refractivity contribution in [1.82, 2.24) is 4.90 Å². The molecule has 108 valence electrons. The molecule has 0 aliphatic carbocycles. The molecule has 0 amide bonds. The molecule has 2 N–H and O–H groups in total. The van der Waals surface area contributed by atoms with Gasteiger partial charge < -0.3 is 15.4 Å². The molecular weight excluding hydrogens is 244 g/mol. The van der Waals surface area contributed by atoms with E-state index in [2.05, 4.69) is 18.7 Å². The van der Waals surface area contributed by atoms with Crippen molar-refractivity contribution in [3.63, 3.8) is 0 Å². The third kappa shape index (κ3) is 9.80. The van der Waals surface area contributed by atoms with E-state index in [1.807, 2.05) is 0 Å². The highest BCUT2D eigenvalue weighted by Gasteiger charge is 2.12. The minimum Gasteiger partial charge on any atom is -0.393 e. The summed E-state index contributed by atoms with van der Waals surface area (Å²) in [5.41, 5.74) is 5.59. The third-order valence-electron chi connectivity index (χ3n) is 3.35. The maximum Gasteiger partial charge on any atom is 0.0740 e. The number of methoxy groups -OCH3 is 1. The monoisotopic (exact) mass is 274 g/mol. The molecule has 0 spiro atoms. The lowest BCUT2D eigenvalue weighted by Gasteiger charge is -2.26. The molecule has 0 fully saturated rings. The molecule has 0 aliphatic rings. The molecule has 18 heavy (non-hydrogen) atoms. The first-order valence-corrected chi connectivity index (χ1v) is 7.54. The summed E-state index contributed by atoms with van der Waals surface area (Å²) < 4.78 is 5.17. The molecule has 0 rings (SSSR count). The second-order valence-electron chi connectivity index (χ2n) is 4.93. The molecule has 0 aliphatic heterocycles. The van der Waals surface area contributed by atoms with Gasteiger partial charge in [-0.25, -0.2) is 0 Å². The first-order chi connectivity index (χ1) is 8.63. The Balaban J connectivity index is 4.11. The van der Waals surface area contributed by atoms with Crippen LogP contribution in [0.2, 0.25) is 0 Å². The van der Waals surface area contributed by atoms with Crippen LogP contribution in [0, 0.1) is 5.92 Å². The van der Waals surface area contributed by atoms with Crippen LogP contribution in [-0.4, -0.2) is 43.2 Å². The molecule has 0 aromatic rings. The maximum absolute atomic E-state index is 5.59. The van der Waals surface area contributed by atoms with Crippen molar-refractivity contribution in [1.29, 1.82) is 0 Å². The summed E-state index contributed by atoms with van der Waals surface area (Å²) in [5.74, 6) is 0.785. The number of hydrogen-bond acceptors (Lipinski definition) is 3. The van der Waals surface area contributed by atoms with Gasteiger partial charge in [0.2, 0.25) is 0 Å². The molecule has 1 atom stereocenters. The summed E-state index contributed by atoms with van der Waals surface area (Å²) in [6.45, 7) is 8.39. The van der Waals surface area contributed by atoms with Gasteiger partial charge in [0.15, 0.2) is 0 Å². The van der Waals surface area contributed by atoms with Gasteiger partial charge in [0, 0.05) is 33.2 Å². The van der Waals surface area contributed by atoms with E-state index >= 15 is 0 Å². The van der Waals surface area contributed by atoms with Crippen molar-refractivity contribution < 1.29 is 4.74 Å². The molecule has 3 nitrogen and oxygen atoms in total. The topological polar surface area (TPSA) is 38.5 Å². The number of ether oxygens (including phenoxy) is 1. The number of hydrogen-bond donors (Lipinski definition) is 1. The minimum absolute atomic E-state index is 0.610. The van der Waals surface area contributed by atoms with E-state index in [1.54, 1.807) is 7.11 Å². The SMILES string of the molecule is CCCCC(CC)CN(CCOC)CCC(N)=S. The Morgan fingerprint density at radius 2 is 2.06 bits per heavy atom. The Hall–Kier alpha value is -0.190. The fourth-order valence-electron chi connectivity index (χ4n) is 2.07. The molecule has 0 aromatic heterocycles. The molecule has 0 saturated carbocycles. The fraction of sp³-hybridized carbons (Fsp3) is 0.929. The number of rotatable bonds is 12. The molecule has 0 radical (unpaired) electrons. The van der Waals surface area contributed by atoms with Crippen LogP contribution in [0.3, 0.4) is 0 Å². The highest BCUT2D eigenvalue weighted by Crippen LogP contribution is 2.14. The first kappa shape index (κ1) is 17.8. The summed E-state index contributed by atoms with van der Waals surface area (Å²) in [4.78, 5) is 3.05. The van der Waals surface area contributed by atoms with E-state index in [1.165, 1.54) is 25.7 Å². The number of unbranched alkanes of at least 4 members (excludes halogenated alkanes) is 1. The number of nitrogens with two attached hydrogens (primary N) is 1. The van der Waals surface area contributed by atoms with E-state index in [4.69, 9.17) is 22.7 Å². The molecule has 0 aromatic carbocycles. The van der Waals surface area contributed by atoms with Crippen LogP contribution in [0.5, 0.6) is 0 Å². The smallest absolute Gasteiger partial charge is 0.0740 e. The summed E-state index contributed by atoms with van der Waals surface area (Å²) in [7, 11) is 1.75. The van der Waals surface area contributed by atoms with Crippen LogP contribution in [0.15, 0.2) is 0 Å². The van der Waals surface area contributed by atoms with Gasteiger partial charge in [-0.15, -0.1) is 0 Å². The van der Waals surface area contributed by atoms with Gasteiger partial charge in [-0.05, 0) is 12.3 Å². The van der Waals surface area contributed by atoms with E-state index in [-0.39, 0.29) is 0 Å². The Kier molecular flexibility index (Phi) is 11.8. The predicted molar refractivity (Wildman–Crippen MR) is 83.0 cm³/mol. The van der Waals surface area contributed by atoms with Crippen LogP contribution in [-0.2, 0) is 4.74 Å². The zero-order valence-corrected chi connectivity index (χ0v) is 13.1. The summed E-state index contributed by atoms with van der Waals surface area (Å²) in [5, 5.41) is 0. The van der Waals surface area contributed by atoms with Crippen LogP contribution < -0.4 is 5.73 Å². The standard InChI is InChI=1S/C14H30N2OS/c1-4-6-7-13(5-2)12-16(10-11-17-3)9-8-14(15)18/h13H,4-12H2,1-3H3,(H2,15,18). The Labute approximate surface area is 118 Å². The second kappa shape index (κ2) is 11.9. The lowest BCUT2D eigenvalue weighted by atomic mass is 9.98. The van der Waals surface area contributed by atoms with Crippen molar-refractivity contribution in [3.8, 4) is 0 Å². The van der Waals surface area contributed by atoms with Gasteiger partial charge in [-0.2, -0.15) is 0 Å². The van der Waals surface area contributed by atoms with Crippen molar-refractivity contribution in [2.45, 2.75) is 46.0 Å². The zero-order chi connectivity index (χ0) is 13.8. The molecule has 1 unspecified atom stereocenters. The summed E-state index contributed by atoms with van der Waals surface area (Å²) >= 11 is 4.96. The van der Waals surface area contributed by atoms with Gasteiger partial charge in [0.05, 0.1) is 11.6 Å². The van der Waals surface area contributed by atoms with Crippen LogP contribution >= 0.6 is 12.2 Å². The maximum atomic E-state index is 5.59. The average Bonchev–Trinajstić information content (AvgIpc) is 2.36. The van der Waals surface area contributed by atoms with Crippen molar-refractivity contribution in [2.24, 2.45) is 11.7 Å². The van der Waals surface area contributed by atoms with Gasteiger partial charge in [-0.1, -0.05) is 45.3 Å². The largest absolute Gasteiger partial charge is 0.393 e.